The number of carbonyl (C=O) groups is 2. The second-order valence-electron chi connectivity index (χ2n) is 7.76. The molecule has 2 heterocycles. The molecule has 0 saturated heterocycles. The molecule has 2 aromatic rings. The maximum absolute atomic E-state index is 12.4. The number of carboxylic acids is 1. The maximum Gasteiger partial charge on any atom is 0.341 e. The summed E-state index contributed by atoms with van der Waals surface area (Å²) in [7, 11) is 3.17. The molecule has 1 spiro atoms. The molecule has 1 aliphatic carbocycles. The summed E-state index contributed by atoms with van der Waals surface area (Å²) in [5, 5.41) is 9.39. The molecule has 4 rings (SSSR count). The minimum atomic E-state index is -1.28. The predicted octanol–water partition coefficient (Wildman–Crippen LogP) is 2.25. The number of carboxylic acid groups (broad SMARTS) is 1. The second-order valence-corrected chi connectivity index (χ2v) is 7.76. The smallest absolute Gasteiger partial charge is 0.341 e. The number of benzene rings is 1. The van der Waals surface area contributed by atoms with Crippen molar-refractivity contribution >= 4 is 11.8 Å². The van der Waals surface area contributed by atoms with Crippen LogP contribution in [-0.2, 0) is 21.5 Å². The summed E-state index contributed by atoms with van der Waals surface area (Å²) in [6, 6.07) is 5.04. The Morgan fingerprint density at radius 1 is 1.10 bits per heavy atom. The van der Waals surface area contributed by atoms with Crippen molar-refractivity contribution in [3.8, 4) is 22.8 Å². The third-order valence-electron chi connectivity index (χ3n) is 5.78. The Hall–Kier alpha value is -3.13. The molecule has 1 fully saturated rings. The molecular weight excluding hydrogens is 390 g/mol. The Morgan fingerprint density at radius 2 is 1.87 bits per heavy atom. The minimum Gasteiger partial charge on any atom is -0.493 e. The standard InChI is InChI=1S/C22H23NO7/c1-28-4-3-5-30-20-6-13-9-22(10-14(24)11-22)23-12-16(21(26)27)18(25)8-17(23)15(13)7-19(20)29-2/h6-8,12H,3-5,9-11H2,1-2H3,(H,26,27). The van der Waals surface area contributed by atoms with Crippen LogP contribution in [0.15, 0.2) is 29.2 Å². The zero-order valence-corrected chi connectivity index (χ0v) is 16.9. The molecule has 0 unspecified atom stereocenters. The van der Waals surface area contributed by atoms with E-state index in [9.17, 15) is 19.5 Å². The minimum absolute atomic E-state index is 0.115. The highest BCUT2D eigenvalue weighted by Crippen LogP contribution is 2.49. The Balaban J connectivity index is 1.82. The van der Waals surface area contributed by atoms with Gasteiger partial charge in [-0.05, 0) is 24.1 Å². The summed E-state index contributed by atoms with van der Waals surface area (Å²) >= 11 is 0. The largest absolute Gasteiger partial charge is 0.493 e. The van der Waals surface area contributed by atoms with E-state index in [1.165, 1.54) is 12.3 Å². The van der Waals surface area contributed by atoms with Crippen LogP contribution < -0.4 is 14.9 Å². The summed E-state index contributed by atoms with van der Waals surface area (Å²) < 4.78 is 18.2. The second kappa shape index (κ2) is 7.60. The van der Waals surface area contributed by atoms with Crippen LogP contribution in [0.3, 0.4) is 0 Å². The number of nitrogens with zero attached hydrogens (tertiary/aromatic N) is 1. The lowest BCUT2D eigenvalue weighted by atomic mass is 9.68. The first-order valence-corrected chi connectivity index (χ1v) is 9.74. The Bertz CT molecular complexity index is 1080. The third kappa shape index (κ3) is 3.27. The molecular formula is C22H23NO7. The van der Waals surface area contributed by atoms with E-state index < -0.39 is 16.9 Å². The van der Waals surface area contributed by atoms with Crippen molar-refractivity contribution in [1.29, 1.82) is 0 Å². The SMILES string of the molecule is COCCCOc1cc2c(cc1OC)-c1cc(=O)c(C(=O)O)cn1C1(CC(=O)C1)C2. The van der Waals surface area contributed by atoms with Crippen molar-refractivity contribution in [1.82, 2.24) is 4.57 Å². The van der Waals surface area contributed by atoms with Gasteiger partial charge in [-0.3, -0.25) is 9.59 Å². The number of aromatic carboxylic acids is 1. The predicted molar refractivity (Wildman–Crippen MR) is 108 cm³/mol. The highest BCUT2D eigenvalue weighted by Gasteiger charge is 2.48. The number of aromatic nitrogens is 1. The van der Waals surface area contributed by atoms with Crippen LogP contribution in [0.25, 0.3) is 11.3 Å². The summed E-state index contributed by atoms with van der Waals surface area (Å²) in [5.74, 6) is -0.0528. The van der Waals surface area contributed by atoms with E-state index in [1.807, 2.05) is 6.07 Å². The Labute approximate surface area is 173 Å². The molecule has 158 valence electrons. The van der Waals surface area contributed by atoms with Crippen LogP contribution in [0.2, 0.25) is 0 Å². The molecule has 2 aliphatic rings. The van der Waals surface area contributed by atoms with Gasteiger partial charge in [-0.1, -0.05) is 0 Å². The number of Topliss-reactive ketones (excluding diaryl/α,β-unsaturated/α-hetero) is 1. The average molecular weight is 413 g/mol. The summed E-state index contributed by atoms with van der Waals surface area (Å²) in [4.78, 5) is 35.8. The fraction of sp³-hybridized carbons (Fsp3) is 0.409. The first-order chi connectivity index (χ1) is 14.4. The number of carbonyl (C=O) groups excluding carboxylic acids is 1. The van der Waals surface area contributed by atoms with E-state index in [1.54, 1.807) is 24.9 Å². The number of ketones is 1. The van der Waals surface area contributed by atoms with Gasteiger partial charge in [-0.25, -0.2) is 4.79 Å². The average Bonchev–Trinajstić information content (AvgIpc) is 2.69. The molecule has 1 aromatic heterocycles. The van der Waals surface area contributed by atoms with Crippen molar-refractivity contribution in [2.24, 2.45) is 0 Å². The summed E-state index contributed by atoms with van der Waals surface area (Å²) in [6.45, 7) is 1.05. The van der Waals surface area contributed by atoms with Gasteiger partial charge >= 0.3 is 5.97 Å². The number of fused-ring (bicyclic) bond motifs is 4. The van der Waals surface area contributed by atoms with Gasteiger partial charge in [0.1, 0.15) is 11.3 Å². The van der Waals surface area contributed by atoms with Gasteiger partial charge in [0.05, 0.1) is 24.9 Å². The van der Waals surface area contributed by atoms with Crippen LogP contribution in [0, 0.1) is 0 Å². The number of hydrogen-bond acceptors (Lipinski definition) is 6. The number of methoxy groups -OCH3 is 2. The lowest BCUT2D eigenvalue weighted by molar-refractivity contribution is -0.131. The van der Waals surface area contributed by atoms with Crippen molar-refractivity contribution < 1.29 is 28.9 Å². The van der Waals surface area contributed by atoms with E-state index in [4.69, 9.17) is 14.2 Å². The van der Waals surface area contributed by atoms with Crippen LogP contribution >= 0.6 is 0 Å². The number of pyridine rings is 1. The topological polar surface area (TPSA) is 104 Å². The van der Waals surface area contributed by atoms with E-state index >= 15 is 0 Å². The first-order valence-electron chi connectivity index (χ1n) is 9.74. The highest BCUT2D eigenvalue weighted by molar-refractivity contribution is 5.90. The zero-order valence-electron chi connectivity index (χ0n) is 16.9. The van der Waals surface area contributed by atoms with Crippen molar-refractivity contribution in [3.05, 3.63) is 45.7 Å². The van der Waals surface area contributed by atoms with Crippen molar-refractivity contribution in [2.45, 2.75) is 31.2 Å². The van der Waals surface area contributed by atoms with Crippen molar-refractivity contribution in [2.75, 3.05) is 27.4 Å². The fourth-order valence-corrected chi connectivity index (χ4v) is 4.36. The lowest BCUT2D eigenvalue weighted by Crippen LogP contribution is -2.51. The fourth-order valence-electron chi connectivity index (χ4n) is 4.36. The maximum atomic E-state index is 12.4. The van der Waals surface area contributed by atoms with E-state index in [0.29, 0.717) is 49.7 Å². The van der Waals surface area contributed by atoms with Gasteiger partial charge in [0, 0.05) is 50.8 Å². The van der Waals surface area contributed by atoms with Crippen LogP contribution in [0.4, 0.5) is 0 Å². The number of rotatable bonds is 7. The van der Waals surface area contributed by atoms with Gasteiger partial charge in [0.2, 0.25) is 0 Å². The molecule has 1 aliphatic heterocycles. The number of ether oxygens (including phenoxy) is 3. The summed E-state index contributed by atoms with van der Waals surface area (Å²) in [6.07, 6.45) is 3.25. The molecule has 1 aromatic carbocycles. The normalized spacial score (nSPS) is 15.9. The van der Waals surface area contributed by atoms with Gasteiger partial charge in [-0.15, -0.1) is 0 Å². The van der Waals surface area contributed by atoms with E-state index in [2.05, 4.69) is 0 Å². The Kier molecular flexibility index (Phi) is 5.11. The molecule has 8 nitrogen and oxygen atoms in total. The monoisotopic (exact) mass is 413 g/mol. The molecule has 0 amide bonds. The molecule has 8 heteroatoms. The Morgan fingerprint density at radius 3 is 2.50 bits per heavy atom. The third-order valence-corrected chi connectivity index (χ3v) is 5.78. The highest BCUT2D eigenvalue weighted by atomic mass is 16.5. The van der Waals surface area contributed by atoms with Crippen LogP contribution in [-0.4, -0.2) is 48.9 Å². The van der Waals surface area contributed by atoms with Gasteiger partial charge < -0.3 is 23.9 Å². The van der Waals surface area contributed by atoms with E-state index in [0.717, 1.165) is 17.5 Å². The molecule has 0 radical (unpaired) electrons. The molecule has 0 atom stereocenters. The van der Waals surface area contributed by atoms with Gasteiger partial charge in [-0.2, -0.15) is 0 Å². The van der Waals surface area contributed by atoms with Gasteiger partial charge in [0.15, 0.2) is 16.9 Å². The van der Waals surface area contributed by atoms with Crippen LogP contribution in [0.5, 0.6) is 11.5 Å². The summed E-state index contributed by atoms with van der Waals surface area (Å²) in [5.41, 5.74) is 0.872. The molecule has 0 bridgehead atoms. The molecule has 1 saturated carbocycles. The van der Waals surface area contributed by atoms with E-state index in [-0.39, 0.29) is 11.3 Å². The molecule has 30 heavy (non-hydrogen) atoms. The zero-order chi connectivity index (χ0) is 21.5. The van der Waals surface area contributed by atoms with Crippen molar-refractivity contribution in [3.63, 3.8) is 0 Å². The molecule has 1 N–H and O–H groups in total. The first kappa shape index (κ1) is 20.2. The quantitative estimate of drug-likeness (QED) is 0.694. The van der Waals surface area contributed by atoms with Crippen LogP contribution in [0.1, 0.15) is 35.2 Å². The van der Waals surface area contributed by atoms with Gasteiger partial charge in [0.25, 0.3) is 0 Å². The lowest BCUT2D eigenvalue weighted by Gasteiger charge is -2.47. The number of hydrogen-bond donors (Lipinski definition) is 1.